The van der Waals surface area contributed by atoms with Crippen LogP contribution in [-0.4, -0.2) is 23.3 Å². The van der Waals surface area contributed by atoms with Crippen LogP contribution in [0.25, 0.3) is 22.0 Å². The first-order valence-electron chi connectivity index (χ1n) is 8.42. The molecule has 0 spiro atoms. The quantitative estimate of drug-likeness (QED) is 0.525. The highest BCUT2D eigenvalue weighted by atomic mass is 35.5. The molecule has 0 aliphatic rings. The molecule has 4 N–H and O–H groups in total. The van der Waals surface area contributed by atoms with E-state index >= 15 is 0 Å². The third-order valence-electron chi connectivity index (χ3n) is 4.13. The van der Waals surface area contributed by atoms with Gasteiger partial charge in [-0.15, -0.1) is 12.4 Å². The van der Waals surface area contributed by atoms with Crippen molar-refractivity contribution in [3.63, 3.8) is 0 Å². The number of halogens is 2. The lowest BCUT2D eigenvalue weighted by Crippen LogP contribution is -2.09. The zero-order valence-corrected chi connectivity index (χ0v) is 15.9. The van der Waals surface area contributed by atoms with E-state index < -0.39 is 0 Å². The number of anilines is 1. The standard InChI is InChI=1S/C19H21ClN4O.ClH/c20-16-9-8-13(12-17(16)22-11-5-1-4-10-21)18-14-6-2-3-7-15(14)19(25)24-23-18;/h2-3,6-9,12,22H,1,4-5,10-11,21H2,(H,24,25);1H. The van der Waals surface area contributed by atoms with Crippen molar-refractivity contribution in [1.82, 2.24) is 10.2 Å². The van der Waals surface area contributed by atoms with E-state index in [9.17, 15) is 4.79 Å². The van der Waals surface area contributed by atoms with Gasteiger partial charge in [0.2, 0.25) is 0 Å². The predicted molar refractivity (Wildman–Crippen MR) is 111 cm³/mol. The second-order valence-electron chi connectivity index (χ2n) is 5.92. The molecule has 0 aliphatic carbocycles. The predicted octanol–water partition coefficient (Wildman–Crippen LogP) is 4.21. The maximum Gasteiger partial charge on any atom is 0.272 e. The van der Waals surface area contributed by atoms with Crippen molar-refractivity contribution in [2.75, 3.05) is 18.4 Å². The Morgan fingerprint density at radius 3 is 2.62 bits per heavy atom. The molecule has 7 heteroatoms. The van der Waals surface area contributed by atoms with Gasteiger partial charge in [0.1, 0.15) is 0 Å². The largest absolute Gasteiger partial charge is 0.384 e. The number of hydrogen-bond donors (Lipinski definition) is 3. The fraction of sp³-hybridized carbons (Fsp3) is 0.263. The van der Waals surface area contributed by atoms with Crippen LogP contribution in [0.1, 0.15) is 19.3 Å². The molecule has 26 heavy (non-hydrogen) atoms. The summed E-state index contributed by atoms with van der Waals surface area (Å²) in [5.74, 6) is 0. The fourth-order valence-electron chi connectivity index (χ4n) is 2.81. The van der Waals surface area contributed by atoms with Gasteiger partial charge in [0, 0.05) is 17.5 Å². The summed E-state index contributed by atoms with van der Waals surface area (Å²) in [5, 5.41) is 12.3. The van der Waals surface area contributed by atoms with Gasteiger partial charge in [-0.3, -0.25) is 4.79 Å². The molecule has 0 radical (unpaired) electrons. The molecule has 0 bridgehead atoms. The van der Waals surface area contributed by atoms with Gasteiger partial charge in [-0.25, -0.2) is 5.10 Å². The van der Waals surface area contributed by atoms with Crippen molar-refractivity contribution in [2.24, 2.45) is 5.73 Å². The summed E-state index contributed by atoms with van der Waals surface area (Å²) in [6.07, 6.45) is 3.16. The zero-order valence-electron chi connectivity index (χ0n) is 14.3. The molecule has 0 amide bonds. The number of nitrogens with two attached hydrogens (primary N) is 1. The van der Waals surface area contributed by atoms with Crippen LogP contribution < -0.4 is 16.6 Å². The zero-order chi connectivity index (χ0) is 17.6. The molecule has 0 atom stereocenters. The number of fused-ring (bicyclic) bond motifs is 1. The van der Waals surface area contributed by atoms with E-state index in [4.69, 9.17) is 17.3 Å². The van der Waals surface area contributed by atoms with Crippen LogP contribution in [0.3, 0.4) is 0 Å². The van der Waals surface area contributed by atoms with Gasteiger partial charge in [0.25, 0.3) is 5.56 Å². The molecule has 0 aliphatic heterocycles. The minimum atomic E-state index is -0.188. The summed E-state index contributed by atoms with van der Waals surface area (Å²) in [7, 11) is 0. The Labute approximate surface area is 163 Å². The molecular formula is C19H22Cl2N4O. The SMILES string of the molecule is Cl.NCCCCCNc1cc(-c2n[nH]c(=O)c3ccccc23)ccc1Cl. The number of aromatic nitrogens is 2. The maximum absolute atomic E-state index is 12.0. The number of aromatic amines is 1. The maximum atomic E-state index is 12.0. The van der Waals surface area contributed by atoms with Crippen molar-refractivity contribution >= 4 is 40.5 Å². The normalized spacial score (nSPS) is 10.5. The Morgan fingerprint density at radius 1 is 1.08 bits per heavy atom. The molecule has 3 rings (SSSR count). The molecule has 2 aromatic carbocycles. The molecule has 3 aromatic rings. The molecular weight excluding hydrogens is 371 g/mol. The van der Waals surface area contributed by atoms with Gasteiger partial charge in [-0.1, -0.05) is 42.3 Å². The number of benzene rings is 2. The molecule has 0 saturated carbocycles. The lowest BCUT2D eigenvalue weighted by molar-refractivity contribution is 0.707. The number of rotatable bonds is 7. The monoisotopic (exact) mass is 392 g/mol. The van der Waals surface area contributed by atoms with E-state index in [0.717, 1.165) is 54.7 Å². The summed E-state index contributed by atoms with van der Waals surface area (Å²) in [5.41, 5.74) is 7.83. The van der Waals surface area contributed by atoms with Crippen LogP contribution in [0.5, 0.6) is 0 Å². The van der Waals surface area contributed by atoms with Crippen molar-refractivity contribution in [3.8, 4) is 11.3 Å². The second-order valence-corrected chi connectivity index (χ2v) is 6.32. The number of H-pyrrole nitrogens is 1. The Kier molecular flexibility index (Phi) is 7.45. The number of unbranched alkanes of at least 4 members (excludes halogenated alkanes) is 2. The molecule has 0 unspecified atom stereocenters. The lowest BCUT2D eigenvalue weighted by atomic mass is 10.0. The van der Waals surface area contributed by atoms with Crippen molar-refractivity contribution in [2.45, 2.75) is 19.3 Å². The first kappa shape index (κ1) is 20.2. The van der Waals surface area contributed by atoms with Gasteiger partial charge in [-0.2, -0.15) is 5.10 Å². The van der Waals surface area contributed by atoms with E-state index in [1.807, 2.05) is 36.4 Å². The number of nitrogens with zero attached hydrogens (tertiary/aromatic N) is 1. The summed E-state index contributed by atoms with van der Waals surface area (Å²) < 4.78 is 0. The van der Waals surface area contributed by atoms with Crippen LogP contribution in [0, 0.1) is 0 Å². The summed E-state index contributed by atoms with van der Waals surface area (Å²) in [4.78, 5) is 12.0. The summed E-state index contributed by atoms with van der Waals surface area (Å²) >= 11 is 6.31. The highest BCUT2D eigenvalue weighted by Crippen LogP contribution is 2.30. The molecule has 1 heterocycles. The molecule has 138 valence electrons. The summed E-state index contributed by atoms with van der Waals surface area (Å²) in [6.45, 7) is 1.56. The van der Waals surface area contributed by atoms with Crippen LogP contribution in [0.2, 0.25) is 5.02 Å². The van der Waals surface area contributed by atoms with Crippen molar-refractivity contribution in [3.05, 3.63) is 57.8 Å². The second kappa shape index (κ2) is 9.57. The number of nitrogens with one attached hydrogen (secondary N) is 2. The molecule has 5 nitrogen and oxygen atoms in total. The van der Waals surface area contributed by atoms with Crippen LogP contribution in [0.15, 0.2) is 47.3 Å². The Morgan fingerprint density at radius 2 is 1.85 bits per heavy atom. The third-order valence-corrected chi connectivity index (χ3v) is 4.46. The summed E-state index contributed by atoms with van der Waals surface area (Å²) in [6, 6.07) is 13.2. The van der Waals surface area contributed by atoms with Crippen LogP contribution in [-0.2, 0) is 0 Å². The highest BCUT2D eigenvalue weighted by molar-refractivity contribution is 6.33. The number of hydrogen-bond acceptors (Lipinski definition) is 4. The average Bonchev–Trinajstić information content (AvgIpc) is 2.64. The Hall–Kier alpha value is -2.08. The van der Waals surface area contributed by atoms with E-state index in [0.29, 0.717) is 10.4 Å². The Bertz CT molecular complexity index is 927. The van der Waals surface area contributed by atoms with Crippen molar-refractivity contribution in [1.29, 1.82) is 0 Å². The Balaban J connectivity index is 0.00000243. The van der Waals surface area contributed by atoms with Gasteiger partial charge >= 0.3 is 0 Å². The average molecular weight is 393 g/mol. The minimum Gasteiger partial charge on any atom is -0.384 e. The van der Waals surface area contributed by atoms with E-state index in [1.165, 1.54) is 0 Å². The van der Waals surface area contributed by atoms with Gasteiger partial charge in [-0.05, 0) is 37.6 Å². The topological polar surface area (TPSA) is 83.8 Å². The van der Waals surface area contributed by atoms with E-state index in [2.05, 4.69) is 15.5 Å². The van der Waals surface area contributed by atoms with Gasteiger partial charge in [0.05, 0.1) is 21.8 Å². The first-order chi connectivity index (χ1) is 12.2. The van der Waals surface area contributed by atoms with Gasteiger partial charge in [0.15, 0.2) is 0 Å². The molecule has 0 fully saturated rings. The third kappa shape index (κ3) is 4.55. The lowest BCUT2D eigenvalue weighted by Gasteiger charge is -2.11. The van der Waals surface area contributed by atoms with Gasteiger partial charge < -0.3 is 11.1 Å². The minimum absolute atomic E-state index is 0. The highest BCUT2D eigenvalue weighted by Gasteiger charge is 2.10. The molecule has 1 aromatic heterocycles. The fourth-order valence-corrected chi connectivity index (χ4v) is 3.00. The van der Waals surface area contributed by atoms with Crippen LogP contribution >= 0.6 is 24.0 Å². The van der Waals surface area contributed by atoms with E-state index in [-0.39, 0.29) is 18.0 Å². The first-order valence-corrected chi connectivity index (χ1v) is 8.80. The van der Waals surface area contributed by atoms with E-state index in [1.54, 1.807) is 6.07 Å². The smallest absolute Gasteiger partial charge is 0.272 e. The molecule has 0 saturated heterocycles. The van der Waals surface area contributed by atoms with Crippen LogP contribution in [0.4, 0.5) is 5.69 Å². The van der Waals surface area contributed by atoms with Crippen molar-refractivity contribution < 1.29 is 0 Å².